The van der Waals surface area contributed by atoms with Crippen molar-refractivity contribution in [3.63, 3.8) is 0 Å². The molecule has 0 amide bonds. The largest absolute Gasteiger partial charge is 0.393 e. The Balaban J connectivity index is -0.00000242. The van der Waals surface area contributed by atoms with E-state index < -0.39 is 5.97 Å². The third kappa shape index (κ3) is 26.9. The Morgan fingerprint density at radius 2 is 0.960 bits per heavy atom. The maximum atomic E-state index is 11.1. The van der Waals surface area contributed by atoms with E-state index in [1.807, 2.05) is 0 Å². The minimum Gasteiger partial charge on any atom is -0.393 e. The molecule has 0 aliphatic heterocycles. The first-order chi connectivity index (χ1) is 11.2. The van der Waals surface area contributed by atoms with Gasteiger partial charge in [-0.1, -0.05) is 96.8 Å². The maximum Gasteiger partial charge on any atom is 0.316 e. The maximum absolute atomic E-state index is 11.1. The van der Waals surface area contributed by atoms with Crippen LogP contribution in [0.2, 0.25) is 0 Å². The first kappa shape index (κ1) is 30.3. The predicted octanol–water partition coefficient (Wildman–Crippen LogP) is 5.42. The number of carbonyl (C=O) groups is 2. The Kier molecular flexibility index (Phi) is 29.7. The SMILES string of the molecule is CCCCCCCCCCCCCCCCCC(=O)OC(C)=O.[MgH2].[Zn]. The van der Waals surface area contributed by atoms with Crippen molar-refractivity contribution in [3.8, 4) is 0 Å². The number of hydrogen-bond acceptors (Lipinski definition) is 3. The molecule has 0 aromatic heterocycles. The first-order valence-electron chi connectivity index (χ1n) is 9.88. The fourth-order valence-electron chi connectivity index (χ4n) is 2.85. The summed E-state index contributed by atoms with van der Waals surface area (Å²) in [5.41, 5.74) is 0. The zero-order valence-electron chi connectivity index (χ0n) is 16.2. The quantitative estimate of drug-likeness (QED) is 0.146. The standard InChI is InChI=1S/C20H38O3.Mg.Zn.2H/c1-3-4-5-6-7-8-9-10-11-12-13-14-15-16-17-18-20(22)23-19(2)21;;;;/h3-18H2,1-2H3;;;;. The van der Waals surface area contributed by atoms with Gasteiger partial charge < -0.3 is 4.74 Å². The molecule has 0 fully saturated rings. The zero-order valence-corrected chi connectivity index (χ0v) is 19.2. The van der Waals surface area contributed by atoms with Crippen LogP contribution in [0.5, 0.6) is 0 Å². The van der Waals surface area contributed by atoms with Gasteiger partial charge in [0.15, 0.2) is 0 Å². The van der Waals surface area contributed by atoms with Crippen LogP contribution < -0.4 is 0 Å². The Morgan fingerprint density at radius 1 is 0.640 bits per heavy atom. The van der Waals surface area contributed by atoms with E-state index in [1.54, 1.807) is 0 Å². The molecule has 5 heteroatoms. The summed E-state index contributed by atoms with van der Waals surface area (Å²) in [6, 6.07) is 0. The fraction of sp³-hybridized carbons (Fsp3) is 0.900. The Labute approximate surface area is 184 Å². The number of rotatable bonds is 16. The molecule has 0 aromatic carbocycles. The normalized spacial score (nSPS) is 9.84. The second-order valence-electron chi connectivity index (χ2n) is 6.67. The summed E-state index contributed by atoms with van der Waals surface area (Å²) >= 11 is 0. The first-order valence-corrected chi connectivity index (χ1v) is 9.88. The molecule has 0 saturated carbocycles. The Bertz CT molecular complexity index is 299. The van der Waals surface area contributed by atoms with Gasteiger partial charge in [-0.05, 0) is 6.42 Å². The van der Waals surface area contributed by atoms with Crippen molar-refractivity contribution in [1.82, 2.24) is 0 Å². The molecule has 0 aliphatic rings. The van der Waals surface area contributed by atoms with Crippen LogP contribution in [0.3, 0.4) is 0 Å². The van der Waals surface area contributed by atoms with Crippen molar-refractivity contribution >= 4 is 35.0 Å². The smallest absolute Gasteiger partial charge is 0.316 e. The van der Waals surface area contributed by atoms with Gasteiger partial charge in [-0.2, -0.15) is 0 Å². The minimum absolute atomic E-state index is 0. The Morgan fingerprint density at radius 3 is 1.28 bits per heavy atom. The van der Waals surface area contributed by atoms with E-state index in [0.717, 1.165) is 12.8 Å². The van der Waals surface area contributed by atoms with Gasteiger partial charge in [0.05, 0.1) is 0 Å². The number of hydrogen-bond donors (Lipinski definition) is 0. The molecular weight excluding hydrogens is 378 g/mol. The van der Waals surface area contributed by atoms with Gasteiger partial charge in [-0.25, -0.2) is 0 Å². The van der Waals surface area contributed by atoms with Crippen molar-refractivity contribution in [1.29, 1.82) is 0 Å². The van der Waals surface area contributed by atoms with Gasteiger partial charge in [0.2, 0.25) is 0 Å². The summed E-state index contributed by atoms with van der Waals surface area (Å²) in [6.07, 6.45) is 20.0. The summed E-state index contributed by atoms with van der Waals surface area (Å²) in [5.74, 6) is -0.886. The van der Waals surface area contributed by atoms with Gasteiger partial charge >= 0.3 is 35.0 Å². The summed E-state index contributed by atoms with van der Waals surface area (Å²) < 4.78 is 4.49. The summed E-state index contributed by atoms with van der Waals surface area (Å²) in [6.45, 7) is 3.53. The Hall–Kier alpha value is 0.530. The molecule has 0 unspecified atom stereocenters. The van der Waals surface area contributed by atoms with E-state index >= 15 is 0 Å². The van der Waals surface area contributed by atoms with E-state index in [4.69, 9.17) is 0 Å². The average molecular weight is 418 g/mol. The second kappa shape index (κ2) is 24.5. The number of esters is 2. The van der Waals surface area contributed by atoms with Crippen molar-refractivity contribution in [2.75, 3.05) is 0 Å². The predicted molar refractivity (Wildman–Crippen MR) is 105 cm³/mol. The summed E-state index contributed by atoms with van der Waals surface area (Å²) in [7, 11) is 0. The molecule has 0 radical (unpaired) electrons. The van der Waals surface area contributed by atoms with Gasteiger partial charge in [0, 0.05) is 32.8 Å². The molecule has 0 saturated heterocycles. The van der Waals surface area contributed by atoms with Crippen molar-refractivity contribution < 1.29 is 33.8 Å². The molecule has 0 N–H and O–H groups in total. The number of carbonyl (C=O) groups excluding carboxylic acids is 2. The number of ether oxygens (including phenoxy) is 1. The second-order valence-corrected chi connectivity index (χ2v) is 6.67. The van der Waals surface area contributed by atoms with E-state index in [0.29, 0.717) is 6.42 Å². The fourth-order valence-corrected chi connectivity index (χ4v) is 2.85. The molecule has 0 heterocycles. The molecule has 0 bridgehead atoms. The van der Waals surface area contributed by atoms with E-state index in [9.17, 15) is 9.59 Å². The van der Waals surface area contributed by atoms with Crippen molar-refractivity contribution in [3.05, 3.63) is 0 Å². The van der Waals surface area contributed by atoms with Crippen LogP contribution in [-0.4, -0.2) is 35.0 Å². The topological polar surface area (TPSA) is 43.4 Å². The molecule has 0 atom stereocenters. The third-order valence-corrected chi connectivity index (χ3v) is 4.24. The molecule has 25 heavy (non-hydrogen) atoms. The van der Waals surface area contributed by atoms with Gasteiger partial charge in [0.25, 0.3) is 0 Å². The van der Waals surface area contributed by atoms with Gasteiger partial charge in [-0.3, -0.25) is 9.59 Å². The average Bonchev–Trinajstić information content (AvgIpc) is 2.50. The van der Waals surface area contributed by atoms with Crippen LogP contribution in [0, 0.1) is 0 Å². The van der Waals surface area contributed by atoms with Crippen LogP contribution in [0.1, 0.15) is 117 Å². The minimum atomic E-state index is -0.504. The molecule has 0 aromatic rings. The summed E-state index contributed by atoms with van der Waals surface area (Å²) in [4.78, 5) is 21.7. The van der Waals surface area contributed by atoms with E-state index in [2.05, 4.69) is 11.7 Å². The third-order valence-electron chi connectivity index (χ3n) is 4.24. The van der Waals surface area contributed by atoms with Gasteiger partial charge in [0.1, 0.15) is 0 Å². The van der Waals surface area contributed by atoms with Crippen LogP contribution in [0.4, 0.5) is 0 Å². The monoisotopic (exact) mass is 416 g/mol. The zero-order chi connectivity index (χ0) is 17.2. The molecule has 142 valence electrons. The van der Waals surface area contributed by atoms with Crippen molar-refractivity contribution in [2.45, 2.75) is 117 Å². The van der Waals surface area contributed by atoms with Crippen molar-refractivity contribution in [2.24, 2.45) is 0 Å². The van der Waals surface area contributed by atoms with Crippen LogP contribution in [0.25, 0.3) is 0 Å². The molecule has 0 rings (SSSR count). The van der Waals surface area contributed by atoms with Crippen LogP contribution in [-0.2, 0) is 33.8 Å². The molecule has 0 aliphatic carbocycles. The van der Waals surface area contributed by atoms with E-state index in [-0.39, 0.29) is 48.5 Å². The van der Waals surface area contributed by atoms with Crippen LogP contribution >= 0.6 is 0 Å². The summed E-state index contributed by atoms with van der Waals surface area (Å²) in [5, 5.41) is 0. The number of unbranched alkanes of at least 4 members (excludes halogenated alkanes) is 14. The molecule has 3 nitrogen and oxygen atoms in total. The molecule has 0 spiro atoms. The van der Waals surface area contributed by atoms with E-state index in [1.165, 1.54) is 90.4 Å². The molecular formula is C20H40MgO3Zn. The van der Waals surface area contributed by atoms with Gasteiger partial charge in [-0.15, -0.1) is 0 Å². The van der Waals surface area contributed by atoms with Crippen LogP contribution in [0.15, 0.2) is 0 Å².